The predicted octanol–water partition coefficient (Wildman–Crippen LogP) is 5.81. The van der Waals surface area contributed by atoms with E-state index in [9.17, 15) is 18.4 Å². The van der Waals surface area contributed by atoms with Crippen LogP contribution in [0, 0.1) is 11.3 Å². The summed E-state index contributed by atoms with van der Waals surface area (Å²) in [5, 5.41) is 14.2. The lowest BCUT2D eigenvalue weighted by atomic mass is 10.1. The molecule has 2 aromatic carbocycles. The van der Waals surface area contributed by atoms with Crippen molar-refractivity contribution in [3.05, 3.63) is 70.7 Å². The van der Waals surface area contributed by atoms with Crippen LogP contribution in [0.5, 0.6) is 5.75 Å². The van der Waals surface area contributed by atoms with Gasteiger partial charge in [0, 0.05) is 17.1 Å². The number of nitriles is 1. The Labute approximate surface area is 163 Å². The first-order valence-electron chi connectivity index (χ1n) is 8.05. The standard InChI is InChI=1S/C20H14F3N3OS/c1-27-15-6-4-5-13(9-15)18-12-28-19(26-18)14(10-24)11-25-17-8-3-2-7-16(17)20(21,22)23/h2-9,11-12,25H,1H3/b14-11+. The van der Waals surface area contributed by atoms with Gasteiger partial charge in [-0.2, -0.15) is 18.4 Å². The zero-order valence-corrected chi connectivity index (χ0v) is 15.4. The number of rotatable bonds is 5. The Balaban J connectivity index is 1.87. The van der Waals surface area contributed by atoms with Crippen molar-refractivity contribution in [2.45, 2.75) is 6.18 Å². The van der Waals surface area contributed by atoms with Crippen LogP contribution in [0.4, 0.5) is 18.9 Å². The van der Waals surface area contributed by atoms with Gasteiger partial charge in [-0.25, -0.2) is 4.98 Å². The summed E-state index contributed by atoms with van der Waals surface area (Å²) < 4.78 is 44.4. The van der Waals surface area contributed by atoms with Crippen LogP contribution in [0.3, 0.4) is 0 Å². The number of alkyl halides is 3. The van der Waals surface area contributed by atoms with Crippen molar-refractivity contribution in [3.63, 3.8) is 0 Å². The average Bonchev–Trinajstić information content (AvgIpc) is 3.18. The Bertz CT molecular complexity index is 1050. The molecule has 142 valence electrons. The van der Waals surface area contributed by atoms with E-state index in [4.69, 9.17) is 4.74 Å². The van der Waals surface area contributed by atoms with Crippen molar-refractivity contribution in [2.75, 3.05) is 12.4 Å². The number of thiazole rings is 1. The molecule has 0 spiro atoms. The van der Waals surface area contributed by atoms with E-state index in [0.29, 0.717) is 16.5 Å². The average molecular weight is 401 g/mol. The smallest absolute Gasteiger partial charge is 0.418 e. The van der Waals surface area contributed by atoms with Gasteiger partial charge in [-0.05, 0) is 24.3 Å². The Morgan fingerprint density at radius 1 is 1.21 bits per heavy atom. The summed E-state index contributed by atoms with van der Waals surface area (Å²) in [5.41, 5.74) is 0.661. The maximum Gasteiger partial charge on any atom is 0.418 e. The van der Waals surface area contributed by atoms with Crippen LogP contribution in [-0.2, 0) is 6.18 Å². The fourth-order valence-electron chi connectivity index (χ4n) is 2.46. The van der Waals surface area contributed by atoms with Crippen LogP contribution >= 0.6 is 11.3 Å². The number of aromatic nitrogens is 1. The van der Waals surface area contributed by atoms with Crippen LogP contribution in [0.2, 0.25) is 0 Å². The maximum atomic E-state index is 13.1. The van der Waals surface area contributed by atoms with Crippen LogP contribution in [0.1, 0.15) is 10.6 Å². The number of benzene rings is 2. The zero-order chi connectivity index (χ0) is 20.1. The van der Waals surface area contributed by atoms with E-state index in [2.05, 4.69) is 10.3 Å². The largest absolute Gasteiger partial charge is 0.497 e. The molecule has 0 bridgehead atoms. The minimum Gasteiger partial charge on any atom is -0.497 e. The van der Waals surface area contributed by atoms with Crippen LogP contribution in [-0.4, -0.2) is 12.1 Å². The molecule has 0 unspecified atom stereocenters. The first kappa shape index (κ1) is 19.5. The monoisotopic (exact) mass is 401 g/mol. The van der Waals surface area contributed by atoms with Crippen LogP contribution in [0.25, 0.3) is 16.8 Å². The molecule has 0 atom stereocenters. The second-order valence-electron chi connectivity index (χ2n) is 5.63. The van der Waals surface area contributed by atoms with Crippen molar-refractivity contribution in [2.24, 2.45) is 0 Å². The third-order valence-corrected chi connectivity index (χ3v) is 4.70. The number of anilines is 1. The van der Waals surface area contributed by atoms with Gasteiger partial charge in [0.15, 0.2) is 0 Å². The molecule has 3 aromatic rings. The molecule has 28 heavy (non-hydrogen) atoms. The summed E-state index contributed by atoms with van der Waals surface area (Å²) in [7, 11) is 1.56. The highest BCUT2D eigenvalue weighted by Gasteiger charge is 2.33. The molecule has 0 aliphatic rings. The molecular weight excluding hydrogens is 387 g/mol. The Morgan fingerprint density at radius 2 is 2.00 bits per heavy atom. The number of nitrogens with zero attached hydrogens (tertiary/aromatic N) is 2. The van der Waals surface area contributed by atoms with E-state index in [-0.39, 0.29) is 11.3 Å². The number of para-hydroxylation sites is 1. The van der Waals surface area contributed by atoms with Crippen molar-refractivity contribution >= 4 is 22.6 Å². The fraction of sp³-hybridized carbons (Fsp3) is 0.100. The van der Waals surface area contributed by atoms with Crippen molar-refractivity contribution in [1.82, 2.24) is 4.98 Å². The zero-order valence-electron chi connectivity index (χ0n) is 14.6. The fourth-order valence-corrected chi connectivity index (χ4v) is 3.25. The summed E-state index contributed by atoms with van der Waals surface area (Å²) in [5.74, 6) is 0.675. The lowest BCUT2D eigenvalue weighted by molar-refractivity contribution is -0.136. The molecule has 0 aliphatic heterocycles. The number of hydrogen-bond donors (Lipinski definition) is 1. The minimum atomic E-state index is -4.50. The molecule has 1 aromatic heterocycles. The van der Waals surface area contributed by atoms with E-state index in [1.807, 2.05) is 24.3 Å². The van der Waals surface area contributed by atoms with Gasteiger partial charge in [0.05, 0.1) is 24.1 Å². The number of hydrogen-bond acceptors (Lipinski definition) is 5. The number of nitrogens with one attached hydrogen (secondary N) is 1. The number of allylic oxidation sites excluding steroid dienone is 1. The molecule has 4 nitrogen and oxygen atoms in total. The Hall–Kier alpha value is -3.31. The van der Waals surface area contributed by atoms with Gasteiger partial charge in [-0.1, -0.05) is 24.3 Å². The Kier molecular flexibility index (Phi) is 5.66. The number of methoxy groups -OCH3 is 1. The Morgan fingerprint density at radius 3 is 2.71 bits per heavy atom. The molecular formula is C20H14F3N3OS. The normalized spacial score (nSPS) is 11.8. The highest BCUT2D eigenvalue weighted by Crippen LogP contribution is 2.35. The SMILES string of the molecule is COc1cccc(-c2csc(/C(C#N)=C/Nc3ccccc3C(F)(F)F)n2)c1. The second kappa shape index (κ2) is 8.15. The number of halogens is 3. The highest BCUT2D eigenvalue weighted by atomic mass is 32.1. The lowest BCUT2D eigenvalue weighted by Gasteiger charge is -2.12. The highest BCUT2D eigenvalue weighted by molar-refractivity contribution is 7.11. The van der Waals surface area contributed by atoms with E-state index in [0.717, 1.165) is 11.6 Å². The lowest BCUT2D eigenvalue weighted by Crippen LogP contribution is -2.08. The third kappa shape index (κ3) is 4.32. The van der Waals surface area contributed by atoms with Gasteiger partial charge in [-0.15, -0.1) is 11.3 Å². The van der Waals surface area contributed by atoms with E-state index in [1.54, 1.807) is 18.6 Å². The van der Waals surface area contributed by atoms with E-state index < -0.39 is 11.7 Å². The summed E-state index contributed by atoms with van der Waals surface area (Å²) in [4.78, 5) is 4.42. The summed E-state index contributed by atoms with van der Waals surface area (Å²) in [6.07, 6.45) is -3.26. The van der Waals surface area contributed by atoms with E-state index >= 15 is 0 Å². The predicted molar refractivity (Wildman–Crippen MR) is 103 cm³/mol. The molecule has 1 N–H and O–H groups in total. The van der Waals surface area contributed by atoms with Crippen LogP contribution < -0.4 is 10.1 Å². The maximum absolute atomic E-state index is 13.1. The van der Waals surface area contributed by atoms with Gasteiger partial charge in [0.25, 0.3) is 0 Å². The summed E-state index contributed by atoms with van der Waals surface area (Å²) in [6, 6.07) is 14.4. The molecule has 0 radical (unpaired) electrons. The molecule has 0 saturated heterocycles. The summed E-state index contributed by atoms with van der Waals surface area (Å²) in [6.45, 7) is 0. The summed E-state index contributed by atoms with van der Waals surface area (Å²) >= 11 is 1.23. The van der Waals surface area contributed by atoms with Crippen LogP contribution in [0.15, 0.2) is 60.1 Å². The van der Waals surface area contributed by atoms with Gasteiger partial charge in [-0.3, -0.25) is 0 Å². The molecule has 0 fully saturated rings. The molecule has 1 heterocycles. The third-order valence-electron chi connectivity index (χ3n) is 3.83. The van der Waals surface area contributed by atoms with Gasteiger partial charge in [0.2, 0.25) is 0 Å². The molecule has 0 amide bonds. The molecule has 3 rings (SSSR count). The first-order chi connectivity index (χ1) is 13.4. The first-order valence-corrected chi connectivity index (χ1v) is 8.93. The topological polar surface area (TPSA) is 57.9 Å². The van der Waals surface area contributed by atoms with Crippen molar-refractivity contribution in [3.8, 4) is 23.1 Å². The van der Waals surface area contributed by atoms with E-state index in [1.165, 1.54) is 35.7 Å². The minimum absolute atomic E-state index is 0.132. The molecule has 0 aliphatic carbocycles. The van der Waals surface area contributed by atoms with Crippen molar-refractivity contribution < 1.29 is 17.9 Å². The molecule has 0 saturated carbocycles. The van der Waals surface area contributed by atoms with Gasteiger partial charge in [0.1, 0.15) is 22.4 Å². The van der Waals surface area contributed by atoms with Crippen molar-refractivity contribution in [1.29, 1.82) is 5.26 Å². The number of ether oxygens (including phenoxy) is 1. The second-order valence-corrected chi connectivity index (χ2v) is 6.49. The molecule has 8 heteroatoms. The van der Waals surface area contributed by atoms with Gasteiger partial charge >= 0.3 is 6.18 Å². The quantitative estimate of drug-likeness (QED) is 0.548. The van der Waals surface area contributed by atoms with Gasteiger partial charge < -0.3 is 10.1 Å².